The van der Waals surface area contributed by atoms with Crippen molar-refractivity contribution in [3.05, 3.63) is 41.7 Å². The molecule has 0 aromatic heterocycles. The van der Waals surface area contributed by atoms with Crippen molar-refractivity contribution in [1.82, 2.24) is 0 Å². The van der Waals surface area contributed by atoms with E-state index in [-0.39, 0.29) is 16.6 Å². The van der Waals surface area contributed by atoms with Gasteiger partial charge in [0.15, 0.2) is 18.0 Å². The maximum atomic E-state index is 12.3. The largest absolute Gasteiger partial charge is 0.507 e. The molecule has 1 N–H and O–H groups in total. The van der Waals surface area contributed by atoms with Crippen molar-refractivity contribution in [2.75, 3.05) is 6.26 Å². The van der Waals surface area contributed by atoms with Crippen LogP contribution in [0.2, 0.25) is 0 Å². The minimum absolute atomic E-state index is 0.177. The lowest BCUT2D eigenvalue weighted by atomic mass is 10.0. The van der Waals surface area contributed by atoms with E-state index in [1.807, 2.05) is 19.2 Å². The number of carbonyl (C=O) groups excluding carboxylic acids is 2. The Kier molecular flexibility index (Phi) is 5.71. The molecule has 1 aliphatic rings. The van der Waals surface area contributed by atoms with Gasteiger partial charge in [-0.2, -0.15) is 11.8 Å². The zero-order valence-electron chi connectivity index (χ0n) is 13.3. The first-order chi connectivity index (χ1) is 10.9. The zero-order chi connectivity index (χ0) is 17.0. The van der Waals surface area contributed by atoms with E-state index in [4.69, 9.17) is 9.47 Å². The summed E-state index contributed by atoms with van der Waals surface area (Å²) in [6.07, 6.45) is 0.707. The Bertz CT molecular complexity index is 611. The molecule has 5 nitrogen and oxygen atoms in total. The van der Waals surface area contributed by atoms with E-state index in [0.717, 1.165) is 0 Å². The van der Waals surface area contributed by atoms with Crippen LogP contribution in [0, 0.1) is 0 Å². The number of aliphatic hydroxyl groups excluding tert-OH is 1. The van der Waals surface area contributed by atoms with Crippen LogP contribution in [-0.2, 0) is 14.3 Å². The molecule has 23 heavy (non-hydrogen) atoms. The van der Waals surface area contributed by atoms with Crippen molar-refractivity contribution >= 4 is 23.5 Å². The van der Waals surface area contributed by atoms with Gasteiger partial charge in [0.05, 0.1) is 0 Å². The predicted molar refractivity (Wildman–Crippen MR) is 88.7 cm³/mol. The number of ether oxygens (including phenoxy) is 2. The number of rotatable bonds is 6. The average molecular weight is 336 g/mol. The van der Waals surface area contributed by atoms with E-state index in [9.17, 15) is 14.7 Å². The van der Waals surface area contributed by atoms with Crippen LogP contribution in [-0.4, -0.2) is 40.6 Å². The van der Waals surface area contributed by atoms with Crippen LogP contribution in [0.1, 0.15) is 20.3 Å². The van der Waals surface area contributed by atoms with Crippen molar-refractivity contribution < 1.29 is 24.2 Å². The third kappa shape index (κ3) is 4.07. The van der Waals surface area contributed by atoms with Crippen LogP contribution in [0.5, 0.6) is 5.75 Å². The summed E-state index contributed by atoms with van der Waals surface area (Å²) in [5, 5.41) is 10.4. The molecule has 3 atom stereocenters. The first kappa shape index (κ1) is 17.4. The van der Waals surface area contributed by atoms with Crippen LogP contribution in [0.25, 0.3) is 0 Å². The van der Waals surface area contributed by atoms with Gasteiger partial charge in [-0.05, 0) is 25.3 Å². The normalized spacial score (nSPS) is 22.5. The predicted octanol–water partition coefficient (Wildman–Crippen LogP) is 2.90. The molecule has 1 aromatic rings. The number of cyclic esters (lactones) is 1. The minimum Gasteiger partial charge on any atom is -0.507 e. The number of Topliss-reactive ketones (excluding diaryl/α,β-unsaturated/α-hetero) is 1. The van der Waals surface area contributed by atoms with Crippen molar-refractivity contribution in [2.24, 2.45) is 0 Å². The molecule has 1 aromatic carbocycles. The number of para-hydroxylation sites is 1. The molecule has 2 rings (SSSR count). The van der Waals surface area contributed by atoms with Crippen LogP contribution in [0.4, 0.5) is 0 Å². The highest BCUT2D eigenvalue weighted by Gasteiger charge is 2.42. The molecule has 1 fully saturated rings. The smallest absolute Gasteiger partial charge is 0.346 e. The monoisotopic (exact) mass is 336 g/mol. The van der Waals surface area contributed by atoms with E-state index in [1.54, 1.807) is 43.0 Å². The fraction of sp³-hybridized carbons (Fsp3) is 0.412. The highest BCUT2D eigenvalue weighted by atomic mass is 32.2. The summed E-state index contributed by atoms with van der Waals surface area (Å²) in [4.78, 5) is 24.3. The van der Waals surface area contributed by atoms with Crippen molar-refractivity contribution in [3.8, 4) is 5.75 Å². The third-order valence-electron chi connectivity index (χ3n) is 3.64. The SMILES string of the molecule is CSC(C)CC1OC(=O)C(=C(O)C(C)Oc2ccccc2)C1=O. The fourth-order valence-corrected chi connectivity index (χ4v) is 2.62. The Morgan fingerprint density at radius 3 is 2.57 bits per heavy atom. The standard InChI is InChI=1S/C17H20O5S/c1-10(23-3)9-13-16(19)14(17(20)22-13)15(18)11(2)21-12-7-5-4-6-8-12/h4-8,10-11,13,18H,9H2,1-3H3. The van der Waals surface area contributed by atoms with Crippen molar-refractivity contribution in [2.45, 2.75) is 37.7 Å². The summed E-state index contributed by atoms with van der Waals surface area (Å²) >= 11 is 1.59. The molecule has 1 saturated heterocycles. The fourth-order valence-electron chi connectivity index (χ4n) is 2.25. The number of aliphatic hydroxyl groups is 1. The highest BCUT2D eigenvalue weighted by molar-refractivity contribution is 7.99. The van der Waals surface area contributed by atoms with Crippen LogP contribution in [0.15, 0.2) is 41.7 Å². The van der Waals surface area contributed by atoms with E-state index < -0.39 is 24.0 Å². The molecule has 0 bridgehead atoms. The summed E-state index contributed by atoms with van der Waals surface area (Å²) in [5.41, 5.74) is -0.299. The first-order valence-electron chi connectivity index (χ1n) is 7.36. The number of hydrogen-bond acceptors (Lipinski definition) is 6. The molecule has 1 heterocycles. The topological polar surface area (TPSA) is 72.8 Å². The van der Waals surface area contributed by atoms with E-state index in [1.165, 1.54) is 0 Å². The second kappa shape index (κ2) is 7.55. The molecular formula is C17H20O5S. The van der Waals surface area contributed by atoms with E-state index in [2.05, 4.69) is 0 Å². The van der Waals surface area contributed by atoms with Crippen molar-refractivity contribution in [1.29, 1.82) is 0 Å². The van der Waals surface area contributed by atoms with Gasteiger partial charge in [0.2, 0.25) is 5.78 Å². The Balaban J connectivity index is 2.15. The summed E-state index contributed by atoms with van der Waals surface area (Å²) in [5.74, 6) is -1.10. The maximum Gasteiger partial charge on any atom is 0.346 e. The second-order valence-electron chi connectivity index (χ2n) is 5.37. The minimum atomic E-state index is -0.828. The Hall–Kier alpha value is -1.95. The second-order valence-corrected chi connectivity index (χ2v) is 6.65. The highest BCUT2D eigenvalue weighted by Crippen LogP contribution is 2.27. The Morgan fingerprint density at radius 1 is 1.30 bits per heavy atom. The molecule has 6 heteroatoms. The van der Waals surface area contributed by atoms with Gasteiger partial charge in [0, 0.05) is 11.7 Å². The first-order valence-corrected chi connectivity index (χ1v) is 8.65. The van der Waals surface area contributed by atoms with Gasteiger partial charge < -0.3 is 14.6 Å². The molecule has 0 amide bonds. The molecule has 0 radical (unpaired) electrons. The average Bonchev–Trinajstić information content (AvgIpc) is 2.81. The molecule has 3 unspecified atom stereocenters. The van der Waals surface area contributed by atoms with Crippen LogP contribution in [0.3, 0.4) is 0 Å². The van der Waals surface area contributed by atoms with Gasteiger partial charge in [0.1, 0.15) is 11.3 Å². The van der Waals surface area contributed by atoms with Gasteiger partial charge in [-0.25, -0.2) is 4.79 Å². The van der Waals surface area contributed by atoms with Gasteiger partial charge in [-0.1, -0.05) is 25.1 Å². The number of carbonyl (C=O) groups is 2. The summed E-state index contributed by atoms with van der Waals surface area (Å²) in [7, 11) is 0. The number of ketones is 1. The van der Waals surface area contributed by atoms with Gasteiger partial charge in [-0.3, -0.25) is 4.79 Å². The lowest BCUT2D eigenvalue weighted by Gasteiger charge is -2.14. The lowest BCUT2D eigenvalue weighted by molar-refractivity contribution is -0.141. The lowest BCUT2D eigenvalue weighted by Crippen LogP contribution is -2.23. The summed E-state index contributed by atoms with van der Waals surface area (Å²) in [6, 6.07) is 8.88. The number of thioether (sulfide) groups is 1. The summed E-state index contributed by atoms with van der Waals surface area (Å²) < 4.78 is 10.7. The van der Waals surface area contributed by atoms with Gasteiger partial charge in [-0.15, -0.1) is 0 Å². The molecule has 1 aliphatic heterocycles. The number of benzene rings is 1. The number of hydrogen-bond donors (Lipinski definition) is 1. The Morgan fingerprint density at radius 2 is 1.96 bits per heavy atom. The molecule has 0 aliphatic carbocycles. The third-order valence-corrected chi connectivity index (χ3v) is 4.64. The Labute approximate surface area is 139 Å². The maximum absolute atomic E-state index is 12.3. The van der Waals surface area contributed by atoms with Crippen molar-refractivity contribution in [3.63, 3.8) is 0 Å². The summed E-state index contributed by atoms with van der Waals surface area (Å²) in [6.45, 7) is 3.53. The van der Waals surface area contributed by atoms with Crippen LogP contribution < -0.4 is 4.74 Å². The molecule has 0 saturated carbocycles. The van der Waals surface area contributed by atoms with Gasteiger partial charge in [0.25, 0.3) is 0 Å². The van der Waals surface area contributed by atoms with Gasteiger partial charge >= 0.3 is 5.97 Å². The molecule has 0 spiro atoms. The zero-order valence-corrected chi connectivity index (χ0v) is 14.1. The van der Waals surface area contributed by atoms with E-state index >= 15 is 0 Å². The van der Waals surface area contributed by atoms with Crippen LogP contribution >= 0.6 is 11.8 Å². The number of esters is 1. The van der Waals surface area contributed by atoms with E-state index in [0.29, 0.717) is 12.2 Å². The quantitative estimate of drug-likeness (QED) is 0.373. The molecule has 124 valence electrons. The molecular weight excluding hydrogens is 316 g/mol.